The van der Waals surface area contributed by atoms with E-state index in [4.69, 9.17) is 5.11 Å². The van der Waals surface area contributed by atoms with Crippen molar-refractivity contribution in [2.75, 3.05) is 6.54 Å². The van der Waals surface area contributed by atoms with E-state index in [1.807, 2.05) is 20.8 Å². The number of hydrogen-bond acceptors (Lipinski definition) is 4. The zero-order valence-electron chi connectivity index (χ0n) is 9.67. The number of rotatable bonds is 5. The maximum Gasteiger partial charge on any atom is 0.252 e. The lowest BCUT2D eigenvalue weighted by atomic mass is 10.4. The Morgan fingerprint density at radius 3 is 2.44 bits per heavy atom. The molecule has 6 heteroatoms. The third-order valence-corrected chi connectivity index (χ3v) is 5.93. The fourth-order valence-electron chi connectivity index (χ4n) is 1.51. The van der Waals surface area contributed by atoms with Gasteiger partial charge in [-0.3, -0.25) is 0 Å². The fourth-order valence-corrected chi connectivity index (χ4v) is 4.50. The minimum atomic E-state index is -3.40. The van der Waals surface area contributed by atoms with E-state index in [9.17, 15) is 8.42 Å². The molecule has 0 fully saturated rings. The Morgan fingerprint density at radius 1 is 1.44 bits per heavy atom. The Morgan fingerprint density at radius 2 is 2.06 bits per heavy atom. The fraction of sp³-hybridized carbons (Fsp3) is 0.600. The monoisotopic (exact) mass is 263 g/mol. The second-order valence-electron chi connectivity index (χ2n) is 3.68. The van der Waals surface area contributed by atoms with E-state index < -0.39 is 10.0 Å². The Kier molecular flexibility index (Phi) is 4.49. The average Bonchev–Trinajstić information content (AvgIpc) is 2.66. The van der Waals surface area contributed by atoms with Crippen LogP contribution in [0.3, 0.4) is 0 Å². The van der Waals surface area contributed by atoms with E-state index in [0.717, 1.165) is 11.3 Å². The molecule has 16 heavy (non-hydrogen) atoms. The van der Waals surface area contributed by atoms with Gasteiger partial charge in [0, 0.05) is 17.5 Å². The molecule has 0 aromatic carbocycles. The average molecular weight is 263 g/mol. The topological polar surface area (TPSA) is 57.6 Å². The highest BCUT2D eigenvalue weighted by Crippen LogP contribution is 2.25. The van der Waals surface area contributed by atoms with E-state index in [1.54, 1.807) is 12.1 Å². The van der Waals surface area contributed by atoms with Crippen LogP contribution in [-0.2, 0) is 16.6 Å². The van der Waals surface area contributed by atoms with Crippen molar-refractivity contribution in [1.29, 1.82) is 0 Å². The molecule has 92 valence electrons. The van der Waals surface area contributed by atoms with E-state index in [-0.39, 0.29) is 12.6 Å². The van der Waals surface area contributed by atoms with Crippen LogP contribution in [0, 0.1) is 0 Å². The van der Waals surface area contributed by atoms with Gasteiger partial charge in [0.05, 0.1) is 6.61 Å². The van der Waals surface area contributed by atoms with Crippen molar-refractivity contribution in [1.82, 2.24) is 4.31 Å². The van der Waals surface area contributed by atoms with Crippen molar-refractivity contribution in [3.63, 3.8) is 0 Å². The molecule has 1 aromatic heterocycles. The van der Waals surface area contributed by atoms with E-state index in [0.29, 0.717) is 15.6 Å². The number of hydrogen-bond donors (Lipinski definition) is 1. The van der Waals surface area contributed by atoms with Gasteiger partial charge in [-0.2, -0.15) is 4.31 Å². The third-order valence-electron chi connectivity index (χ3n) is 2.24. The first kappa shape index (κ1) is 13.6. The van der Waals surface area contributed by atoms with Crippen molar-refractivity contribution in [2.24, 2.45) is 0 Å². The van der Waals surface area contributed by atoms with E-state index >= 15 is 0 Å². The summed E-state index contributed by atoms with van der Waals surface area (Å²) in [4.78, 5) is 0.665. The molecule has 0 saturated carbocycles. The van der Waals surface area contributed by atoms with Gasteiger partial charge < -0.3 is 5.11 Å². The predicted molar refractivity (Wildman–Crippen MR) is 64.9 cm³/mol. The van der Waals surface area contributed by atoms with Crippen LogP contribution in [0.4, 0.5) is 0 Å². The SMILES string of the molecule is CCN(C(C)C)S(=O)(=O)c1ccc(CO)s1. The van der Waals surface area contributed by atoms with Crippen LogP contribution < -0.4 is 0 Å². The molecule has 1 rings (SSSR count). The van der Waals surface area contributed by atoms with Gasteiger partial charge in [-0.05, 0) is 26.0 Å². The largest absolute Gasteiger partial charge is 0.391 e. The summed E-state index contributed by atoms with van der Waals surface area (Å²) in [6, 6.07) is 3.14. The lowest BCUT2D eigenvalue weighted by molar-refractivity contribution is 0.285. The summed E-state index contributed by atoms with van der Waals surface area (Å²) in [5, 5.41) is 8.92. The molecule has 0 aliphatic heterocycles. The minimum Gasteiger partial charge on any atom is -0.391 e. The number of aliphatic hydroxyl groups is 1. The van der Waals surface area contributed by atoms with E-state index in [1.165, 1.54) is 4.31 Å². The molecule has 0 spiro atoms. The van der Waals surface area contributed by atoms with Crippen molar-refractivity contribution in [3.05, 3.63) is 17.0 Å². The Balaban J connectivity index is 3.09. The highest BCUT2D eigenvalue weighted by molar-refractivity contribution is 7.91. The first-order chi connectivity index (χ1) is 7.43. The summed E-state index contributed by atoms with van der Waals surface area (Å²) in [5.41, 5.74) is 0. The van der Waals surface area contributed by atoms with Crippen LogP contribution in [0.15, 0.2) is 16.3 Å². The van der Waals surface area contributed by atoms with Crippen LogP contribution in [0.25, 0.3) is 0 Å². The van der Waals surface area contributed by atoms with Crippen LogP contribution >= 0.6 is 11.3 Å². The molecular formula is C10H17NO3S2. The van der Waals surface area contributed by atoms with Crippen molar-refractivity contribution < 1.29 is 13.5 Å². The van der Waals surface area contributed by atoms with Crippen LogP contribution in [-0.4, -0.2) is 30.4 Å². The molecule has 0 saturated heterocycles. The molecule has 1 heterocycles. The molecular weight excluding hydrogens is 246 g/mol. The van der Waals surface area contributed by atoms with Crippen LogP contribution in [0.5, 0.6) is 0 Å². The van der Waals surface area contributed by atoms with Gasteiger partial charge >= 0.3 is 0 Å². The second kappa shape index (κ2) is 5.27. The van der Waals surface area contributed by atoms with Crippen molar-refractivity contribution in [2.45, 2.75) is 37.6 Å². The molecule has 4 nitrogen and oxygen atoms in total. The Bertz CT molecular complexity index is 437. The van der Waals surface area contributed by atoms with Crippen molar-refractivity contribution >= 4 is 21.4 Å². The summed E-state index contributed by atoms with van der Waals surface area (Å²) < 4.78 is 26.1. The van der Waals surface area contributed by atoms with Crippen molar-refractivity contribution in [3.8, 4) is 0 Å². The molecule has 0 atom stereocenters. The van der Waals surface area contributed by atoms with Gasteiger partial charge in [-0.25, -0.2) is 8.42 Å². The zero-order valence-corrected chi connectivity index (χ0v) is 11.3. The number of aliphatic hydroxyl groups excluding tert-OH is 1. The molecule has 0 amide bonds. The Hall–Kier alpha value is -0.430. The lowest BCUT2D eigenvalue weighted by Gasteiger charge is -2.23. The first-order valence-corrected chi connectivity index (χ1v) is 7.40. The molecule has 0 radical (unpaired) electrons. The normalized spacial score (nSPS) is 12.6. The molecule has 0 aliphatic carbocycles. The number of sulfonamides is 1. The molecule has 1 aromatic rings. The number of nitrogens with zero attached hydrogens (tertiary/aromatic N) is 1. The first-order valence-electron chi connectivity index (χ1n) is 5.14. The standard InChI is InChI=1S/C10H17NO3S2/c1-4-11(8(2)3)16(13,14)10-6-5-9(7-12)15-10/h5-6,8,12H,4,7H2,1-3H3. The summed E-state index contributed by atoms with van der Waals surface area (Å²) >= 11 is 1.12. The lowest BCUT2D eigenvalue weighted by Crippen LogP contribution is -2.36. The molecule has 0 aliphatic rings. The molecule has 0 unspecified atom stereocenters. The summed E-state index contributed by atoms with van der Waals surface area (Å²) in [7, 11) is -3.40. The van der Waals surface area contributed by atoms with Gasteiger partial charge in [0.25, 0.3) is 10.0 Å². The molecule has 1 N–H and O–H groups in total. The summed E-state index contributed by atoms with van der Waals surface area (Å²) in [6.45, 7) is 5.85. The second-order valence-corrected chi connectivity index (χ2v) is 6.97. The zero-order chi connectivity index (χ0) is 12.3. The van der Waals surface area contributed by atoms with Gasteiger partial charge in [-0.15, -0.1) is 11.3 Å². The molecule has 0 bridgehead atoms. The number of thiophene rings is 1. The highest BCUT2D eigenvalue weighted by atomic mass is 32.2. The van der Waals surface area contributed by atoms with Gasteiger partial charge in [-0.1, -0.05) is 6.92 Å². The highest BCUT2D eigenvalue weighted by Gasteiger charge is 2.26. The Labute approximate surface area is 101 Å². The maximum atomic E-state index is 12.2. The third kappa shape index (κ3) is 2.63. The van der Waals surface area contributed by atoms with Gasteiger partial charge in [0.15, 0.2) is 0 Å². The summed E-state index contributed by atoms with van der Waals surface area (Å²) in [6.07, 6.45) is 0. The van der Waals surface area contributed by atoms with Crippen LogP contribution in [0.1, 0.15) is 25.6 Å². The quantitative estimate of drug-likeness (QED) is 0.879. The smallest absolute Gasteiger partial charge is 0.252 e. The minimum absolute atomic E-state index is 0.0605. The maximum absolute atomic E-state index is 12.2. The van der Waals surface area contributed by atoms with Gasteiger partial charge in [0.2, 0.25) is 0 Å². The van der Waals surface area contributed by atoms with Crippen LogP contribution in [0.2, 0.25) is 0 Å². The van der Waals surface area contributed by atoms with Gasteiger partial charge in [0.1, 0.15) is 4.21 Å². The van der Waals surface area contributed by atoms with E-state index in [2.05, 4.69) is 0 Å². The summed E-state index contributed by atoms with van der Waals surface area (Å²) in [5.74, 6) is 0. The predicted octanol–water partition coefficient (Wildman–Crippen LogP) is 1.66.